The summed E-state index contributed by atoms with van der Waals surface area (Å²) in [6.45, 7) is 7.01. The molecular formula is C12H26N2O2. The Morgan fingerprint density at radius 1 is 1.31 bits per heavy atom. The van der Waals surface area contributed by atoms with Gasteiger partial charge in [-0.3, -0.25) is 0 Å². The Balaban J connectivity index is 1.90. The van der Waals surface area contributed by atoms with Crippen molar-refractivity contribution >= 4 is 0 Å². The summed E-state index contributed by atoms with van der Waals surface area (Å²) in [5, 5.41) is 3.52. The second-order valence-corrected chi connectivity index (χ2v) is 4.56. The van der Waals surface area contributed by atoms with Crippen LogP contribution in [-0.4, -0.2) is 65.1 Å². The topological polar surface area (TPSA) is 33.7 Å². The molecule has 1 aliphatic heterocycles. The van der Waals surface area contributed by atoms with Crippen molar-refractivity contribution in [1.82, 2.24) is 10.2 Å². The molecule has 1 aliphatic rings. The number of likely N-dealkylation sites (N-methyl/N-ethyl adjacent to an activating group) is 1. The highest BCUT2D eigenvalue weighted by Gasteiger charge is 2.12. The second kappa shape index (κ2) is 8.93. The van der Waals surface area contributed by atoms with Gasteiger partial charge in [-0.25, -0.2) is 0 Å². The van der Waals surface area contributed by atoms with Crippen LogP contribution in [0.2, 0.25) is 0 Å². The molecule has 4 nitrogen and oxygen atoms in total. The molecular weight excluding hydrogens is 204 g/mol. The van der Waals surface area contributed by atoms with Gasteiger partial charge < -0.3 is 19.7 Å². The number of nitrogens with zero attached hydrogens (tertiary/aromatic N) is 1. The minimum atomic E-state index is 0.816. The third-order valence-electron chi connectivity index (χ3n) is 3.12. The summed E-state index contributed by atoms with van der Waals surface area (Å²) in [6.07, 6.45) is 2.43. The Morgan fingerprint density at radius 2 is 2.06 bits per heavy atom. The average Bonchev–Trinajstić information content (AvgIpc) is 2.33. The summed E-state index contributed by atoms with van der Waals surface area (Å²) < 4.78 is 10.4. The molecule has 0 atom stereocenters. The number of methoxy groups -OCH3 is 1. The maximum atomic E-state index is 5.34. The minimum Gasteiger partial charge on any atom is -0.383 e. The Labute approximate surface area is 99.3 Å². The zero-order valence-electron chi connectivity index (χ0n) is 10.7. The molecule has 0 bridgehead atoms. The van der Waals surface area contributed by atoms with Crippen LogP contribution in [0.1, 0.15) is 12.8 Å². The minimum absolute atomic E-state index is 0.816. The van der Waals surface area contributed by atoms with Crippen molar-refractivity contribution in [3.63, 3.8) is 0 Å². The van der Waals surface area contributed by atoms with Crippen molar-refractivity contribution in [3.8, 4) is 0 Å². The van der Waals surface area contributed by atoms with Crippen LogP contribution in [0.3, 0.4) is 0 Å². The fraction of sp³-hybridized carbons (Fsp3) is 1.00. The van der Waals surface area contributed by atoms with E-state index in [2.05, 4.69) is 17.3 Å². The lowest BCUT2D eigenvalue weighted by molar-refractivity contribution is 0.0661. The summed E-state index contributed by atoms with van der Waals surface area (Å²) in [7, 11) is 3.88. The van der Waals surface area contributed by atoms with E-state index in [1.165, 1.54) is 12.8 Å². The van der Waals surface area contributed by atoms with E-state index in [0.29, 0.717) is 0 Å². The maximum absolute atomic E-state index is 5.34. The maximum Gasteiger partial charge on any atom is 0.0589 e. The summed E-state index contributed by atoms with van der Waals surface area (Å²) in [5.41, 5.74) is 0. The Kier molecular flexibility index (Phi) is 7.76. The predicted octanol–water partition coefficient (Wildman–Crippen LogP) is 0.581. The SMILES string of the molecule is COCCN(C)CCNCC1CCOCC1. The summed E-state index contributed by atoms with van der Waals surface area (Å²) in [5.74, 6) is 0.818. The molecule has 0 saturated carbocycles. The number of nitrogens with one attached hydrogen (secondary N) is 1. The molecule has 16 heavy (non-hydrogen) atoms. The van der Waals surface area contributed by atoms with Gasteiger partial charge in [0.2, 0.25) is 0 Å². The molecule has 1 fully saturated rings. The van der Waals surface area contributed by atoms with Crippen molar-refractivity contribution in [2.24, 2.45) is 5.92 Å². The molecule has 1 N–H and O–H groups in total. The first-order valence-corrected chi connectivity index (χ1v) is 6.29. The van der Waals surface area contributed by atoms with Crippen molar-refractivity contribution < 1.29 is 9.47 Å². The van der Waals surface area contributed by atoms with Crippen molar-refractivity contribution in [3.05, 3.63) is 0 Å². The molecule has 0 aromatic heterocycles. The van der Waals surface area contributed by atoms with E-state index in [-0.39, 0.29) is 0 Å². The van der Waals surface area contributed by atoms with Gasteiger partial charge in [0, 0.05) is 40.0 Å². The lowest BCUT2D eigenvalue weighted by Gasteiger charge is -2.23. The lowest BCUT2D eigenvalue weighted by atomic mass is 10.0. The summed E-state index contributed by atoms with van der Waals surface area (Å²) in [4.78, 5) is 2.29. The van der Waals surface area contributed by atoms with Gasteiger partial charge in [0.15, 0.2) is 0 Å². The van der Waals surface area contributed by atoms with Gasteiger partial charge >= 0.3 is 0 Å². The molecule has 0 aliphatic carbocycles. The first-order chi connectivity index (χ1) is 7.83. The number of ether oxygens (including phenoxy) is 2. The average molecular weight is 230 g/mol. The monoisotopic (exact) mass is 230 g/mol. The van der Waals surface area contributed by atoms with E-state index in [1.54, 1.807) is 7.11 Å². The van der Waals surface area contributed by atoms with Gasteiger partial charge in [-0.1, -0.05) is 0 Å². The van der Waals surface area contributed by atoms with E-state index < -0.39 is 0 Å². The molecule has 0 spiro atoms. The summed E-state index contributed by atoms with van der Waals surface area (Å²) in [6, 6.07) is 0. The van der Waals surface area contributed by atoms with Crippen LogP contribution in [0.25, 0.3) is 0 Å². The standard InChI is InChI=1S/C12H26N2O2/c1-14(7-10-15-2)6-5-13-11-12-3-8-16-9-4-12/h12-13H,3-11H2,1-2H3. The molecule has 1 saturated heterocycles. The molecule has 0 amide bonds. The van der Waals surface area contributed by atoms with Crippen LogP contribution in [-0.2, 0) is 9.47 Å². The van der Waals surface area contributed by atoms with Crippen LogP contribution in [0.4, 0.5) is 0 Å². The zero-order chi connectivity index (χ0) is 11.6. The highest BCUT2D eigenvalue weighted by atomic mass is 16.5. The van der Waals surface area contributed by atoms with Gasteiger partial charge in [0.1, 0.15) is 0 Å². The van der Waals surface area contributed by atoms with Crippen LogP contribution >= 0.6 is 0 Å². The fourth-order valence-corrected chi connectivity index (χ4v) is 1.89. The molecule has 0 aromatic rings. The van der Waals surface area contributed by atoms with Gasteiger partial charge in [0.25, 0.3) is 0 Å². The van der Waals surface area contributed by atoms with Crippen molar-refractivity contribution in [2.45, 2.75) is 12.8 Å². The smallest absolute Gasteiger partial charge is 0.0589 e. The number of hydrogen-bond acceptors (Lipinski definition) is 4. The lowest BCUT2D eigenvalue weighted by Crippen LogP contribution is -2.34. The molecule has 0 unspecified atom stereocenters. The zero-order valence-corrected chi connectivity index (χ0v) is 10.7. The first kappa shape index (κ1) is 13.9. The van der Waals surface area contributed by atoms with Gasteiger partial charge in [-0.15, -0.1) is 0 Å². The quantitative estimate of drug-likeness (QED) is 0.619. The van der Waals surface area contributed by atoms with Crippen molar-refractivity contribution in [1.29, 1.82) is 0 Å². The third-order valence-corrected chi connectivity index (χ3v) is 3.12. The summed E-state index contributed by atoms with van der Waals surface area (Å²) >= 11 is 0. The second-order valence-electron chi connectivity index (χ2n) is 4.56. The molecule has 0 aromatic carbocycles. The number of rotatable bonds is 8. The molecule has 1 heterocycles. The molecule has 96 valence electrons. The highest BCUT2D eigenvalue weighted by Crippen LogP contribution is 2.12. The predicted molar refractivity (Wildman–Crippen MR) is 65.8 cm³/mol. The molecule has 4 heteroatoms. The van der Waals surface area contributed by atoms with E-state index >= 15 is 0 Å². The number of hydrogen-bond donors (Lipinski definition) is 1. The molecule has 1 rings (SSSR count). The van der Waals surface area contributed by atoms with Crippen molar-refractivity contribution in [2.75, 3.05) is 60.2 Å². The van der Waals surface area contributed by atoms with Gasteiger partial charge in [-0.2, -0.15) is 0 Å². The highest BCUT2D eigenvalue weighted by molar-refractivity contribution is 4.66. The Bertz CT molecular complexity index is 161. The largest absolute Gasteiger partial charge is 0.383 e. The van der Waals surface area contributed by atoms with Crippen LogP contribution in [0, 0.1) is 5.92 Å². The Morgan fingerprint density at radius 3 is 2.75 bits per heavy atom. The van der Waals surface area contributed by atoms with Crippen LogP contribution in [0.5, 0.6) is 0 Å². The van der Waals surface area contributed by atoms with E-state index in [4.69, 9.17) is 9.47 Å². The molecule has 0 radical (unpaired) electrons. The fourth-order valence-electron chi connectivity index (χ4n) is 1.89. The Hall–Kier alpha value is -0.160. The van der Waals surface area contributed by atoms with Gasteiger partial charge in [0.05, 0.1) is 6.61 Å². The van der Waals surface area contributed by atoms with Gasteiger partial charge in [-0.05, 0) is 32.4 Å². The van der Waals surface area contributed by atoms with E-state index in [9.17, 15) is 0 Å². The van der Waals surface area contributed by atoms with E-state index in [0.717, 1.165) is 51.9 Å². The van der Waals surface area contributed by atoms with E-state index in [1.807, 2.05) is 0 Å². The normalized spacial score (nSPS) is 18.2. The first-order valence-electron chi connectivity index (χ1n) is 6.29. The van der Waals surface area contributed by atoms with Crippen LogP contribution in [0.15, 0.2) is 0 Å². The third kappa shape index (κ3) is 6.43. The van der Waals surface area contributed by atoms with Crippen LogP contribution < -0.4 is 5.32 Å².